The van der Waals surface area contributed by atoms with Gasteiger partial charge in [-0.2, -0.15) is 11.3 Å². The van der Waals surface area contributed by atoms with E-state index in [9.17, 15) is 0 Å². The fraction of sp³-hybridized carbons (Fsp3) is 0.765. The van der Waals surface area contributed by atoms with Gasteiger partial charge in [0, 0.05) is 18.6 Å². The van der Waals surface area contributed by atoms with Crippen molar-refractivity contribution in [3.05, 3.63) is 22.4 Å². The highest BCUT2D eigenvalue weighted by atomic mass is 32.1. The van der Waals surface area contributed by atoms with Crippen LogP contribution in [-0.2, 0) is 6.54 Å². The van der Waals surface area contributed by atoms with Crippen LogP contribution in [0.1, 0.15) is 56.9 Å². The lowest BCUT2D eigenvalue weighted by molar-refractivity contribution is 0.0333. The smallest absolute Gasteiger partial charge is 0.0334 e. The molecule has 2 fully saturated rings. The summed E-state index contributed by atoms with van der Waals surface area (Å²) < 4.78 is 0. The van der Waals surface area contributed by atoms with Gasteiger partial charge in [0.25, 0.3) is 0 Å². The van der Waals surface area contributed by atoms with E-state index in [-0.39, 0.29) is 0 Å². The monoisotopic (exact) mass is 292 g/mol. The summed E-state index contributed by atoms with van der Waals surface area (Å²) in [6, 6.07) is 2.24. The largest absolute Gasteiger partial charge is 0.311 e. The molecule has 0 amide bonds. The molecule has 0 spiro atoms. The van der Waals surface area contributed by atoms with Crippen molar-refractivity contribution >= 4 is 11.3 Å². The standard InChI is InChI=1S/C17H28N2S/c1-3-8-17(9-4-1,19-10-5-2-6-11-19)15-18-13-16-7-12-20-14-16/h7,12,14,18H,1-6,8-11,13,15H2. The molecule has 0 radical (unpaired) electrons. The minimum atomic E-state index is 0.467. The molecule has 1 aromatic rings. The summed E-state index contributed by atoms with van der Waals surface area (Å²) in [6.07, 6.45) is 11.4. The van der Waals surface area contributed by atoms with Crippen molar-refractivity contribution in [1.29, 1.82) is 0 Å². The number of likely N-dealkylation sites (tertiary alicyclic amines) is 1. The fourth-order valence-electron chi connectivity index (χ4n) is 4.02. The average molecular weight is 292 g/mol. The molecule has 3 heteroatoms. The van der Waals surface area contributed by atoms with Gasteiger partial charge in [0.1, 0.15) is 0 Å². The zero-order valence-electron chi connectivity index (χ0n) is 12.6. The fourth-order valence-corrected chi connectivity index (χ4v) is 4.68. The first-order chi connectivity index (χ1) is 9.89. The molecule has 0 atom stereocenters. The van der Waals surface area contributed by atoms with Gasteiger partial charge in [0.2, 0.25) is 0 Å². The van der Waals surface area contributed by atoms with Crippen LogP contribution in [0.25, 0.3) is 0 Å². The quantitative estimate of drug-likeness (QED) is 0.881. The van der Waals surface area contributed by atoms with Crippen LogP contribution in [0, 0.1) is 0 Å². The van der Waals surface area contributed by atoms with Crippen LogP contribution in [0.3, 0.4) is 0 Å². The average Bonchev–Trinajstić information content (AvgIpc) is 3.02. The normalized spacial score (nSPS) is 23.8. The summed E-state index contributed by atoms with van der Waals surface area (Å²) in [7, 11) is 0. The number of piperidine rings is 1. The third-order valence-electron chi connectivity index (χ3n) is 5.17. The van der Waals surface area contributed by atoms with Crippen molar-refractivity contribution in [2.24, 2.45) is 0 Å². The highest BCUT2D eigenvalue weighted by Gasteiger charge is 2.37. The zero-order valence-corrected chi connectivity index (χ0v) is 13.4. The summed E-state index contributed by atoms with van der Waals surface area (Å²) in [4.78, 5) is 2.83. The van der Waals surface area contributed by atoms with Gasteiger partial charge in [-0.1, -0.05) is 25.7 Å². The Kier molecular flexibility index (Phi) is 5.14. The molecule has 1 N–H and O–H groups in total. The minimum absolute atomic E-state index is 0.467. The van der Waals surface area contributed by atoms with Gasteiger partial charge in [-0.15, -0.1) is 0 Å². The Hall–Kier alpha value is -0.380. The number of nitrogens with zero attached hydrogens (tertiary/aromatic N) is 1. The Balaban J connectivity index is 1.59. The van der Waals surface area contributed by atoms with E-state index in [2.05, 4.69) is 27.0 Å². The van der Waals surface area contributed by atoms with Gasteiger partial charge in [-0.05, 0) is 61.2 Å². The van der Waals surface area contributed by atoms with E-state index < -0.39 is 0 Å². The van der Waals surface area contributed by atoms with E-state index >= 15 is 0 Å². The van der Waals surface area contributed by atoms with Crippen molar-refractivity contribution in [3.63, 3.8) is 0 Å². The van der Waals surface area contributed by atoms with Crippen molar-refractivity contribution in [2.75, 3.05) is 19.6 Å². The van der Waals surface area contributed by atoms with Gasteiger partial charge in [-0.25, -0.2) is 0 Å². The zero-order chi connectivity index (χ0) is 13.7. The molecule has 1 aromatic heterocycles. The number of nitrogens with one attached hydrogen (secondary N) is 1. The molecule has 0 unspecified atom stereocenters. The Bertz CT molecular complexity index is 376. The first kappa shape index (κ1) is 14.6. The van der Waals surface area contributed by atoms with Crippen molar-refractivity contribution < 1.29 is 0 Å². The minimum Gasteiger partial charge on any atom is -0.311 e. The molecule has 1 aliphatic heterocycles. The Morgan fingerprint density at radius 3 is 2.50 bits per heavy atom. The second-order valence-corrected chi connectivity index (χ2v) is 7.35. The van der Waals surface area contributed by atoms with Crippen LogP contribution in [-0.4, -0.2) is 30.1 Å². The van der Waals surface area contributed by atoms with Crippen LogP contribution in [0.2, 0.25) is 0 Å². The molecule has 1 aliphatic carbocycles. The summed E-state index contributed by atoms with van der Waals surface area (Å²) in [6.45, 7) is 4.89. The maximum Gasteiger partial charge on any atom is 0.0334 e. The van der Waals surface area contributed by atoms with Crippen LogP contribution >= 0.6 is 11.3 Å². The summed E-state index contributed by atoms with van der Waals surface area (Å²) in [5, 5.41) is 8.20. The molecule has 2 aliphatic rings. The molecule has 1 saturated carbocycles. The molecule has 1 saturated heterocycles. The van der Waals surface area contributed by atoms with E-state index in [4.69, 9.17) is 0 Å². The lowest BCUT2D eigenvalue weighted by Crippen LogP contribution is -2.57. The van der Waals surface area contributed by atoms with Crippen molar-refractivity contribution in [2.45, 2.75) is 63.5 Å². The number of hydrogen-bond donors (Lipinski definition) is 1. The second-order valence-electron chi connectivity index (χ2n) is 6.57. The molecule has 2 heterocycles. The van der Waals surface area contributed by atoms with E-state index in [0.717, 1.165) is 6.54 Å². The Labute approximate surface area is 127 Å². The number of thiophene rings is 1. The van der Waals surface area contributed by atoms with Gasteiger partial charge in [-0.3, -0.25) is 4.90 Å². The molecular weight excluding hydrogens is 264 g/mol. The summed E-state index contributed by atoms with van der Waals surface area (Å²) in [5.41, 5.74) is 1.91. The van der Waals surface area contributed by atoms with Crippen LogP contribution in [0.15, 0.2) is 16.8 Å². The second kappa shape index (κ2) is 7.06. The molecule has 20 heavy (non-hydrogen) atoms. The third kappa shape index (κ3) is 3.44. The van der Waals surface area contributed by atoms with Crippen molar-refractivity contribution in [3.8, 4) is 0 Å². The first-order valence-electron chi connectivity index (χ1n) is 8.36. The number of hydrogen-bond acceptors (Lipinski definition) is 3. The molecular formula is C17H28N2S. The summed E-state index contributed by atoms with van der Waals surface area (Å²) >= 11 is 1.80. The lowest BCUT2D eigenvalue weighted by atomic mass is 9.79. The molecule has 0 bridgehead atoms. The first-order valence-corrected chi connectivity index (χ1v) is 9.30. The van der Waals surface area contributed by atoms with Crippen molar-refractivity contribution in [1.82, 2.24) is 10.2 Å². The molecule has 2 nitrogen and oxygen atoms in total. The van der Waals surface area contributed by atoms with E-state index in [1.54, 1.807) is 11.3 Å². The van der Waals surface area contributed by atoms with E-state index in [1.165, 1.54) is 76.6 Å². The maximum absolute atomic E-state index is 3.76. The molecule has 0 aromatic carbocycles. The van der Waals surface area contributed by atoms with Crippen LogP contribution in [0.4, 0.5) is 0 Å². The van der Waals surface area contributed by atoms with Gasteiger partial charge < -0.3 is 5.32 Å². The van der Waals surface area contributed by atoms with Gasteiger partial charge in [0.05, 0.1) is 0 Å². The SMILES string of the molecule is c1cc(CNCC2(N3CCCCC3)CCCCC2)cs1. The Morgan fingerprint density at radius 2 is 1.80 bits per heavy atom. The summed E-state index contributed by atoms with van der Waals surface area (Å²) in [5.74, 6) is 0. The van der Waals surface area contributed by atoms with E-state index in [0.29, 0.717) is 5.54 Å². The predicted molar refractivity (Wildman–Crippen MR) is 87.3 cm³/mol. The Morgan fingerprint density at radius 1 is 1.05 bits per heavy atom. The third-order valence-corrected chi connectivity index (χ3v) is 5.91. The van der Waals surface area contributed by atoms with E-state index in [1.807, 2.05) is 0 Å². The molecule has 112 valence electrons. The number of rotatable bonds is 5. The topological polar surface area (TPSA) is 15.3 Å². The predicted octanol–water partition coefficient (Wildman–Crippen LogP) is 4.03. The van der Waals surface area contributed by atoms with Crippen LogP contribution < -0.4 is 5.32 Å². The van der Waals surface area contributed by atoms with Gasteiger partial charge >= 0.3 is 0 Å². The molecule has 3 rings (SSSR count). The highest BCUT2D eigenvalue weighted by molar-refractivity contribution is 7.07. The van der Waals surface area contributed by atoms with Gasteiger partial charge in [0.15, 0.2) is 0 Å². The maximum atomic E-state index is 3.76. The lowest BCUT2D eigenvalue weighted by Gasteiger charge is -2.48. The highest BCUT2D eigenvalue weighted by Crippen LogP contribution is 2.35. The van der Waals surface area contributed by atoms with Crippen LogP contribution in [0.5, 0.6) is 0 Å².